The molecule has 0 radical (unpaired) electrons. The summed E-state index contributed by atoms with van der Waals surface area (Å²) in [6, 6.07) is 7.84. The second-order valence-electron chi connectivity index (χ2n) is 7.54. The highest BCUT2D eigenvalue weighted by Gasteiger charge is 2.30. The van der Waals surface area contributed by atoms with E-state index in [1.165, 1.54) is 0 Å². The van der Waals surface area contributed by atoms with E-state index in [1.807, 2.05) is 23.1 Å². The van der Waals surface area contributed by atoms with Crippen molar-refractivity contribution in [3.63, 3.8) is 0 Å². The summed E-state index contributed by atoms with van der Waals surface area (Å²) in [5, 5.41) is 10.5. The van der Waals surface area contributed by atoms with Crippen LogP contribution >= 0.6 is 0 Å². The van der Waals surface area contributed by atoms with Gasteiger partial charge in [0.1, 0.15) is 18.0 Å². The first-order valence-corrected chi connectivity index (χ1v) is 10.0. The van der Waals surface area contributed by atoms with Gasteiger partial charge >= 0.3 is 0 Å². The molecule has 0 saturated carbocycles. The van der Waals surface area contributed by atoms with Crippen molar-refractivity contribution in [1.82, 2.24) is 9.88 Å². The van der Waals surface area contributed by atoms with Crippen LogP contribution in [0.25, 0.3) is 10.9 Å². The number of fused-ring (bicyclic) bond motifs is 2. The Balaban J connectivity index is 1.40. The van der Waals surface area contributed by atoms with Crippen molar-refractivity contribution in [2.24, 2.45) is 0 Å². The molecule has 1 amide bonds. The van der Waals surface area contributed by atoms with Gasteiger partial charge in [0.25, 0.3) is 5.91 Å². The first kappa shape index (κ1) is 18.0. The molecule has 1 aromatic carbocycles. The summed E-state index contributed by atoms with van der Waals surface area (Å²) >= 11 is 0. The smallest absolute Gasteiger partial charge is 0.251 e. The van der Waals surface area contributed by atoms with Crippen LogP contribution in [-0.2, 0) is 9.53 Å². The minimum atomic E-state index is -0.292. The van der Waals surface area contributed by atoms with Crippen LogP contribution in [0, 0.1) is 11.3 Å². The highest BCUT2D eigenvalue weighted by Crippen LogP contribution is 2.37. The van der Waals surface area contributed by atoms with Gasteiger partial charge in [-0.25, -0.2) is 4.98 Å². The van der Waals surface area contributed by atoms with Crippen LogP contribution in [0.1, 0.15) is 24.8 Å². The number of nitriles is 1. The first-order chi connectivity index (χ1) is 14.2. The van der Waals surface area contributed by atoms with Gasteiger partial charge in [0.05, 0.1) is 11.1 Å². The fourth-order valence-electron chi connectivity index (χ4n) is 4.20. The second kappa shape index (κ2) is 7.41. The molecular weight excluding hydrogens is 372 g/mol. The maximum absolute atomic E-state index is 12.7. The monoisotopic (exact) mass is 394 g/mol. The summed E-state index contributed by atoms with van der Waals surface area (Å²) in [7, 11) is 0. The van der Waals surface area contributed by atoms with E-state index >= 15 is 0 Å². The number of amides is 1. The molecule has 2 saturated heterocycles. The standard InChI is InChI=1S/C21H22N4O4/c22-12-15-9-14-10-18-19(29-13-28-18)11-16(14)23-20(15)24-4-2-5-25(7-6-24)21(26)17-3-1-8-27-17/h9-11,17H,1-8,13H2/t17-/m0/s1. The zero-order chi connectivity index (χ0) is 19.8. The molecule has 0 aliphatic carbocycles. The Bertz CT molecular complexity index is 996. The van der Waals surface area contributed by atoms with Crippen LogP contribution < -0.4 is 14.4 Å². The molecule has 2 aromatic rings. The quantitative estimate of drug-likeness (QED) is 0.770. The number of ether oxygens (including phenoxy) is 3. The number of pyridine rings is 1. The topological polar surface area (TPSA) is 87.9 Å². The van der Waals surface area contributed by atoms with Crippen LogP contribution in [0.2, 0.25) is 0 Å². The molecule has 0 spiro atoms. The maximum Gasteiger partial charge on any atom is 0.251 e. The third kappa shape index (κ3) is 3.32. The molecule has 0 N–H and O–H groups in total. The predicted octanol–water partition coefficient (Wildman–Crippen LogP) is 2.05. The minimum absolute atomic E-state index is 0.0871. The van der Waals surface area contributed by atoms with Crippen molar-refractivity contribution < 1.29 is 19.0 Å². The SMILES string of the molecule is N#Cc1cc2cc3c(cc2nc1N1CCCN(C(=O)[C@@H]2CCCO2)CC1)OCO3. The van der Waals surface area contributed by atoms with E-state index in [-0.39, 0.29) is 18.8 Å². The number of carbonyl (C=O) groups excluding carboxylic acids is 1. The van der Waals surface area contributed by atoms with Crippen molar-refractivity contribution in [3.8, 4) is 17.6 Å². The van der Waals surface area contributed by atoms with Gasteiger partial charge in [-0.05, 0) is 31.4 Å². The van der Waals surface area contributed by atoms with E-state index in [0.717, 1.165) is 36.7 Å². The molecule has 1 aromatic heterocycles. The molecule has 0 unspecified atom stereocenters. The minimum Gasteiger partial charge on any atom is -0.454 e. The molecule has 8 nitrogen and oxygen atoms in total. The molecule has 5 rings (SSSR count). The Morgan fingerprint density at radius 3 is 2.76 bits per heavy atom. The van der Waals surface area contributed by atoms with E-state index in [2.05, 4.69) is 11.0 Å². The molecule has 4 heterocycles. The van der Waals surface area contributed by atoms with Gasteiger partial charge in [0, 0.05) is 44.2 Å². The number of rotatable bonds is 2. The van der Waals surface area contributed by atoms with E-state index in [0.29, 0.717) is 49.1 Å². The fourth-order valence-corrected chi connectivity index (χ4v) is 4.20. The zero-order valence-electron chi connectivity index (χ0n) is 16.1. The van der Waals surface area contributed by atoms with Crippen molar-refractivity contribution >= 4 is 22.6 Å². The number of hydrogen-bond donors (Lipinski definition) is 0. The van der Waals surface area contributed by atoms with Crippen molar-refractivity contribution in [3.05, 3.63) is 23.8 Å². The van der Waals surface area contributed by atoms with E-state index in [9.17, 15) is 10.1 Å². The lowest BCUT2D eigenvalue weighted by molar-refractivity contribution is -0.140. The summed E-state index contributed by atoms with van der Waals surface area (Å²) in [4.78, 5) is 21.5. The Kier molecular flexibility index (Phi) is 4.60. The van der Waals surface area contributed by atoms with Crippen molar-refractivity contribution in [1.29, 1.82) is 5.26 Å². The average molecular weight is 394 g/mol. The highest BCUT2D eigenvalue weighted by atomic mass is 16.7. The van der Waals surface area contributed by atoms with E-state index in [1.54, 1.807) is 0 Å². The molecule has 3 aliphatic heterocycles. The Labute approximate surface area is 168 Å². The molecule has 1 atom stereocenters. The van der Waals surface area contributed by atoms with Gasteiger partial charge in [-0.15, -0.1) is 0 Å². The lowest BCUT2D eigenvalue weighted by Gasteiger charge is -2.25. The van der Waals surface area contributed by atoms with Crippen LogP contribution in [-0.4, -0.2) is 61.5 Å². The molecule has 29 heavy (non-hydrogen) atoms. The van der Waals surface area contributed by atoms with Gasteiger partial charge in [-0.1, -0.05) is 0 Å². The van der Waals surface area contributed by atoms with Crippen LogP contribution in [0.4, 0.5) is 5.82 Å². The Morgan fingerprint density at radius 2 is 1.97 bits per heavy atom. The lowest BCUT2D eigenvalue weighted by Crippen LogP contribution is -2.41. The number of hydrogen-bond acceptors (Lipinski definition) is 7. The number of carbonyl (C=O) groups is 1. The van der Waals surface area contributed by atoms with Gasteiger partial charge in [-0.2, -0.15) is 5.26 Å². The van der Waals surface area contributed by atoms with Crippen LogP contribution in [0.15, 0.2) is 18.2 Å². The fraction of sp³-hybridized carbons (Fsp3) is 0.476. The molecule has 0 bridgehead atoms. The summed E-state index contributed by atoms with van der Waals surface area (Å²) in [6.45, 7) is 3.54. The van der Waals surface area contributed by atoms with Gasteiger partial charge in [-0.3, -0.25) is 4.79 Å². The first-order valence-electron chi connectivity index (χ1n) is 10.0. The Morgan fingerprint density at radius 1 is 1.10 bits per heavy atom. The van der Waals surface area contributed by atoms with E-state index in [4.69, 9.17) is 19.2 Å². The number of aromatic nitrogens is 1. The van der Waals surface area contributed by atoms with Crippen molar-refractivity contribution in [2.75, 3.05) is 44.5 Å². The summed E-state index contributed by atoms with van der Waals surface area (Å²) in [6.07, 6.45) is 2.28. The molecular formula is C21H22N4O4. The summed E-state index contributed by atoms with van der Waals surface area (Å²) in [5.74, 6) is 2.09. The van der Waals surface area contributed by atoms with Crippen LogP contribution in [0.5, 0.6) is 11.5 Å². The predicted molar refractivity (Wildman–Crippen MR) is 105 cm³/mol. The number of benzene rings is 1. The van der Waals surface area contributed by atoms with E-state index < -0.39 is 0 Å². The van der Waals surface area contributed by atoms with Gasteiger partial charge in [0.2, 0.25) is 6.79 Å². The maximum atomic E-state index is 12.7. The van der Waals surface area contributed by atoms with Gasteiger partial charge in [0.15, 0.2) is 11.5 Å². The highest BCUT2D eigenvalue weighted by molar-refractivity contribution is 5.86. The average Bonchev–Trinajstić information content (AvgIpc) is 3.37. The third-order valence-electron chi connectivity index (χ3n) is 5.72. The number of anilines is 1. The molecule has 150 valence electrons. The second-order valence-corrected chi connectivity index (χ2v) is 7.54. The zero-order valence-corrected chi connectivity index (χ0v) is 16.1. The lowest BCUT2D eigenvalue weighted by atomic mass is 10.1. The third-order valence-corrected chi connectivity index (χ3v) is 5.72. The summed E-state index contributed by atoms with van der Waals surface area (Å²) < 4.78 is 16.4. The van der Waals surface area contributed by atoms with Crippen molar-refractivity contribution in [2.45, 2.75) is 25.4 Å². The summed E-state index contributed by atoms with van der Waals surface area (Å²) in [5.41, 5.74) is 1.29. The normalized spacial score (nSPS) is 21.3. The van der Waals surface area contributed by atoms with Gasteiger partial charge < -0.3 is 24.0 Å². The molecule has 2 fully saturated rings. The number of nitrogens with zero attached hydrogens (tertiary/aromatic N) is 4. The largest absolute Gasteiger partial charge is 0.454 e. The molecule has 8 heteroatoms. The Hall–Kier alpha value is -3.05. The molecule has 3 aliphatic rings. The van der Waals surface area contributed by atoms with Crippen LogP contribution in [0.3, 0.4) is 0 Å².